The van der Waals surface area contributed by atoms with Gasteiger partial charge in [-0.25, -0.2) is 0 Å². The zero-order valence-corrected chi connectivity index (χ0v) is 12.0. The fourth-order valence-electron chi connectivity index (χ4n) is 2.03. The van der Waals surface area contributed by atoms with Gasteiger partial charge in [0.1, 0.15) is 11.6 Å². The number of rotatable bonds is 5. The second-order valence-corrected chi connectivity index (χ2v) is 5.09. The summed E-state index contributed by atoms with van der Waals surface area (Å²) in [6.07, 6.45) is 0.354. The summed E-state index contributed by atoms with van der Waals surface area (Å²) in [5.74, 6) is -0.841. The van der Waals surface area contributed by atoms with Crippen LogP contribution in [0.1, 0.15) is 37.0 Å². The maximum Gasteiger partial charge on any atom is 0.140 e. The van der Waals surface area contributed by atoms with Gasteiger partial charge in [0, 0.05) is 5.69 Å². The zero-order valence-electron chi connectivity index (χ0n) is 12.0. The minimum Gasteiger partial charge on any atom is -0.398 e. The van der Waals surface area contributed by atoms with Crippen molar-refractivity contribution in [1.82, 2.24) is 0 Å². The van der Waals surface area contributed by atoms with E-state index in [9.17, 15) is 9.59 Å². The molecule has 0 aliphatic carbocycles. The van der Waals surface area contributed by atoms with Crippen LogP contribution in [0.2, 0.25) is 0 Å². The minimum absolute atomic E-state index is 0.120. The highest BCUT2D eigenvalue weighted by Crippen LogP contribution is 2.27. The van der Waals surface area contributed by atoms with Gasteiger partial charge >= 0.3 is 0 Å². The predicted molar refractivity (Wildman–Crippen MR) is 78.8 cm³/mol. The molecule has 19 heavy (non-hydrogen) atoms. The first-order chi connectivity index (χ1) is 8.73. The molecule has 0 saturated heterocycles. The van der Waals surface area contributed by atoms with Crippen molar-refractivity contribution >= 4 is 22.8 Å². The fraction of sp³-hybridized carbons (Fsp3) is 0.375. The van der Waals surface area contributed by atoms with Crippen molar-refractivity contribution in [3.63, 3.8) is 0 Å². The van der Waals surface area contributed by atoms with Crippen molar-refractivity contribution < 1.29 is 9.59 Å². The normalized spacial score (nSPS) is 10.6. The lowest BCUT2D eigenvalue weighted by molar-refractivity contribution is -0.130. The molecule has 1 aromatic rings. The topological polar surface area (TPSA) is 60.2 Å². The van der Waals surface area contributed by atoms with Gasteiger partial charge in [-0.15, -0.1) is 0 Å². The van der Waals surface area contributed by atoms with Crippen molar-refractivity contribution in [3.05, 3.63) is 35.4 Å². The third-order valence-electron chi connectivity index (χ3n) is 3.55. The van der Waals surface area contributed by atoms with Gasteiger partial charge in [-0.2, -0.15) is 0 Å². The van der Waals surface area contributed by atoms with Crippen LogP contribution in [0.3, 0.4) is 0 Å². The molecule has 0 bridgehead atoms. The van der Waals surface area contributed by atoms with E-state index in [4.69, 9.17) is 5.73 Å². The van der Waals surface area contributed by atoms with Crippen molar-refractivity contribution in [2.24, 2.45) is 5.92 Å². The van der Waals surface area contributed by atoms with Gasteiger partial charge in [0.25, 0.3) is 0 Å². The Labute approximate surface area is 114 Å². The van der Waals surface area contributed by atoms with Crippen LogP contribution in [0.25, 0.3) is 5.57 Å². The first kappa shape index (κ1) is 15.2. The number of hydrogen-bond donors (Lipinski definition) is 1. The second kappa shape index (κ2) is 5.83. The van der Waals surface area contributed by atoms with E-state index < -0.39 is 5.92 Å². The summed E-state index contributed by atoms with van der Waals surface area (Å²) >= 11 is 0. The third kappa shape index (κ3) is 3.53. The Bertz CT molecular complexity index is 507. The van der Waals surface area contributed by atoms with Crippen LogP contribution in [0.5, 0.6) is 0 Å². The summed E-state index contributed by atoms with van der Waals surface area (Å²) in [6.45, 7) is 10.8. The van der Waals surface area contributed by atoms with Gasteiger partial charge < -0.3 is 5.73 Å². The maximum absolute atomic E-state index is 11.5. The fourth-order valence-corrected chi connectivity index (χ4v) is 2.03. The van der Waals surface area contributed by atoms with Crippen molar-refractivity contribution in [1.29, 1.82) is 0 Å². The standard InChI is InChI=1S/C16H21NO2/c1-9-6-14(8-16(17)11(9)3)10(2)7-15(12(4)18)13(5)19/h6,8,15H,2,7,17H2,1,3-5H3. The van der Waals surface area contributed by atoms with Crippen molar-refractivity contribution in [2.45, 2.75) is 34.1 Å². The van der Waals surface area contributed by atoms with Crippen LogP contribution in [0.4, 0.5) is 5.69 Å². The molecule has 0 saturated carbocycles. The number of anilines is 1. The number of aryl methyl sites for hydroxylation is 1. The quantitative estimate of drug-likeness (QED) is 0.653. The monoisotopic (exact) mass is 259 g/mol. The molecular formula is C16H21NO2. The lowest BCUT2D eigenvalue weighted by Gasteiger charge is -2.15. The molecule has 1 rings (SSSR count). The Kier molecular flexibility index (Phi) is 4.65. The minimum atomic E-state index is -0.602. The Morgan fingerprint density at radius 1 is 1.21 bits per heavy atom. The molecule has 0 radical (unpaired) electrons. The molecule has 0 aliphatic heterocycles. The number of allylic oxidation sites excluding steroid dienone is 1. The molecule has 0 aromatic heterocycles. The van der Waals surface area contributed by atoms with E-state index in [1.54, 1.807) is 0 Å². The Balaban J connectivity index is 3.01. The van der Waals surface area contributed by atoms with E-state index in [0.717, 1.165) is 22.3 Å². The van der Waals surface area contributed by atoms with Crippen LogP contribution >= 0.6 is 0 Å². The molecule has 0 amide bonds. The zero-order chi connectivity index (χ0) is 14.7. The lowest BCUT2D eigenvalue weighted by atomic mass is 9.89. The summed E-state index contributed by atoms with van der Waals surface area (Å²) < 4.78 is 0. The van der Waals surface area contributed by atoms with E-state index in [1.165, 1.54) is 13.8 Å². The Hall–Kier alpha value is -1.90. The summed E-state index contributed by atoms with van der Waals surface area (Å²) in [4.78, 5) is 22.9. The van der Waals surface area contributed by atoms with Crippen molar-refractivity contribution in [2.75, 3.05) is 5.73 Å². The summed E-state index contributed by atoms with van der Waals surface area (Å²) in [7, 11) is 0. The van der Waals surface area contributed by atoms with E-state index >= 15 is 0 Å². The lowest BCUT2D eigenvalue weighted by Crippen LogP contribution is -2.19. The van der Waals surface area contributed by atoms with Crippen LogP contribution in [-0.2, 0) is 9.59 Å². The molecule has 0 atom stereocenters. The largest absolute Gasteiger partial charge is 0.398 e. The molecule has 0 heterocycles. The molecule has 0 aliphatic rings. The highest BCUT2D eigenvalue weighted by molar-refractivity contribution is 6.01. The molecule has 1 aromatic carbocycles. The molecule has 0 spiro atoms. The van der Waals surface area contributed by atoms with Gasteiger partial charge in [0.05, 0.1) is 5.92 Å². The maximum atomic E-state index is 11.5. The second-order valence-electron chi connectivity index (χ2n) is 5.09. The van der Waals surface area contributed by atoms with E-state index in [-0.39, 0.29) is 11.6 Å². The molecule has 0 unspecified atom stereocenters. The molecular weight excluding hydrogens is 238 g/mol. The smallest absolute Gasteiger partial charge is 0.140 e. The summed E-state index contributed by atoms with van der Waals surface area (Å²) in [5.41, 5.74) is 10.4. The molecule has 2 N–H and O–H groups in total. The number of carbonyl (C=O) groups is 2. The Morgan fingerprint density at radius 2 is 1.74 bits per heavy atom. The number of benzene rings is 1. The van der Waals surface area contributed by atoms with Crippen LogP contribution in [-0.4, -0.2) is 11.6 Å². The average Bonchev–Trinajstić information content (AvgIpc) is 2.31. The van der Waals surface area contributed by atoms with E-state index in [1.807, 2.05) is 26.0 Å². The number of nitrogens with two attached hydrogens (primary N) is 1. The van der Waals surface area contributed by atoms with Crippen molar-refractivity contribution in [3.8, 4) is 0 Å². The van der Waals surface area contributed by atoms with Crippen LogP contribution in [0, 0.1) is 19.8 Å². The van der Waals surface area contributed by atoms with E-state index in [0.29, 0.717) is 12.1 Å². The van der Waals surface area contributed by atoms with Gasteiger partial charge in [-0.1, -0.05) is 12.6 Å². The third-order valence-corrected chi connectivity index (χ3v) is 3.55. The number of nitrogen functional groups attached to an aromatic ring is 1. The SMILES string of the molecule is C=C(CC(C(C)=O)C(C)=O)c1cc(C)c(C)c(N)c1. The molecule has 3 nitrogen and oxygen atoms in total. The Morgan fingerprint density at radius 3 is 2.16 bits per heavy atom. The van der Waals surface area contributed by atoms with Gasteiger partial charge in [-0.05, 0) is 62.4 Å². The first-order valence-corrected chi connectivity index (χ1v) is 6.29. The van der Waals surface area contributed by atoms with Gasteiger partial charge in [-0.3, -0.25) is 9.59 Å². The number of carbonyl (C=O) groups excluding carboxylic acids is 2. The molecule has 3 heteroatoms. The molecule has 0 fully saturated rings. The average molecular weight is 259 g/mol. The number of Topliss-reactive ketones (excluding diaryl/α,β-unsaturated/α-hetero) is 2. The number of hydrogen-bond acceptors (Lipinski definition) is 3. The number of ketones is 2. The summed E-state index contributed by atoms with van der Waals surface area (Å²) in [5, 5.41) is 0. The van der Waals surface area contributed by atoms with Gasteiger partial charge in [0.2, 0.25) is 0 Å². The first-order valence-electron chi connectivity index (χ1n) is 6.29. The highest BCUT2D eigenvalue weighted by atomic mass is 16.1. The van der Waals surface area contributed by atoms with Crippen LogP contribution < -0.4 is 5.73 Å². The van der Waals surface area contributed by atoms with Gasteiger partial charge in [0.15, 0.2) is 0 Å². The predicted octanol–water partition coefficient (Wildman–Crippen LogP) is 3.08. The van der Waals surface area contributed by atoms with E-state index in [2.05, 4.69) is 6.58 Å². The van der Waals surface area contributed by atoms with Crippen LogP contribution in [0.15, 0.2) is 18.7 Å². The highest BCUT2D eigenvalue weighted by Gasteiger charge is 2.21. The summed E-state index contributed by atoms with van der Waals surface area (Å²) in [6, 6.07) is 3.84. The molecule has 102 valence electrons.